The largest absolute Gasteiger partial charge is 0.339 e. The number of benzene rings is 1. The van der Waals surface area contributed by atoms with Gasteiger partial charge in [0.15, 0.2) is 0 Å². The summed E-state index contributed by atoms with van der Waals surface area (Å²) >= 11 is 1.31. The highest BCUT2D eigenvalue weighted by Gasteiger charge is 2.24. The lowest BCUT2D eigenvalue weighted by molar-refractivity contribution is -0.387. The number of nitrogens with zero attached hydrogens (tertiary/aromatic N) is 2. The first-order valence-corrected chi connectivity index (χ1v) is 8.07. The third-order valence-corrected chi connectivity index (χ3v) is 4.58. The molecule has 0 spiro atoms. The van der Waals surface area contributed by atoms with Crippen LogP contribution in [0.3, 0.4) is 0 Å². The molecule has 0 unspecified atom stereocenters. The van der Waals surface area contributed by atoms with Gasteiger partial charge in [0, 0.05) is 24.7 Å². The van der Waals surface area contributed by atoms with Crippen LogP contribution < -0.4 is 5.32 Å². The molecule has 0 atom stereocenters. The molecule has 8 heteroatoms. The Morgan fingerprint density at radius 3 is 2.59 bits per heavy atom. The Morgan fingerprint density at radius 1 is 1.41 bits per heavy atom. The molecule has 6 nitrogen and oxygen atoms in total. The van der Waals surface area contributed by atoms with Crippen molar-refractivity contribution >= 4 is 35.8 Å². The molecule has 1 aromatic rings. The first-order chi connectivity index (χ1) is 10.0. The molecule has 2 rings (SSSR count). The van der Waals surface area contributed by atoms with Crippen molar-refractivity contribution in [1.82, 2.24) is 10.2 Å². The number of halogens is 1. The second-order valence-electron chi connectivity index (χ2n) is 5.04. The Bertz CT molecular complexity index is 550. The molecule has 1 N–H and O–H groups in total. The molecule has 122 valence electrons. The van der Waals surface area contributed by atoms with E-state index in [1.165, 1.54) is 17.8 Å². The number of piperidine rings is 1. The Morgan fingerprint density at radius 2 is 2.05 bits per heavy atom. The molecule has 0 aliphatic carbocycles. The van der Waals surface area contributed by atoms with E-state index in [1.54, 1.807) is 30.3 Å². The summed E-state index contributed by atoms with van der Waals surface area (Å²) in [5.41, 5.74) is 0.368. The summed E-state index contributed by atoms with van der Waals surface area (Å²) in [7, 11) is 1.77. The van der Waals surface area contributed by atoms with Crippen molar-refractivity contribution in [1.29, 1.82) is 0 Å². The Hall–Kier alpha value is -1.31. The highest BCUT2D eigenvalue weighted by Crippen LogP contribution is 2.29. The molecule has 1 fully saturated rings. The maximum atomic E-state index is 12.5. The zero-order valence-electron chi connectivity index (χ0n) is 12.6. The second kappa shape index (κ2) is 8.36. The van der Waals surface area contributed by atoms with Crippen LogP contribution in [0.25, 0.3) is 0 Å². The van der Waals surface area contributed by atoms with Gasteiger partial charge in [0.2, 0.25) is 0 Å². The number of nitro benzene ring substituents is 1. The summed E-state index contributed by atoms with van der Waals surface area (Å²) < 4.78 is 0. The number of carbonyl (C=O) groups excluding carboxylic acids is 1. The van der Waals surface area contributed by atoms with Crippen LogP contribution in [0.1, 0.15) is 23.2 Å². The normalized spacial score (nSPS) is 15.0. The molecular weight excluding hydrogens is 326 g/mol. The molecule has 1 heterocycles. The fraction of sp³-hybridized carbons (Fsp3) is 0.500. The molecule has 0 saturated carbocycles. The minimum Gasteiger partial charge on any atom is -0.339 e. The maximum absolute atomic E-state index is 12.5. The number of hydrogen-bond donors (Lipinski definition) is 1. The van der Waals surface area contributed by atoms with E-state index in [4.69, 9.17) is 0 Å². The number of nitrogens with one attached hydrogen (secondary N) is 1. The van der Waals surface area contributed by atoms with Gasteiger partial charge in [-0.1, -0.05) is 0 Å². The van der Waals surface area contributed by atoms with Crippen LogP contribution in [0.15, 0.2) is 23.1 Å². The second-order valence-corrected chi connectivity index (χ2v) is 5.89. The number of thioether (sulfide) groups is 1. The first kappa shape index (κ1) is 18.7. The van der Waals surface area contributed by atoms with E-state index in [-0.39, 0.29) is 30.0 Å². The number of hydrogen-bond acceptors (Lipinski definition) is 5. The van der Waals surface area contributed by atoms with Gasteiger partial charge in [0.1, 0.15) is 0 Å². The van der Waals surface area contributed by atoms with Crippen molar-refractivity contribution < 1.29 is 9.72 Å². The van der Waals surface area contributed by atoms with E-state index in [9.17, 15) is 14.9 Å². The highest BCUT2D eigenvalue weighted by atomic mass is 35.5. The molecule has 0 radical (unpaired) electrons. The fourth-order valence-corrected chi connectivity index (χ4v) is 3.08. The molecule has 0 bridgehead atoms. The average Bonchev–Trinajstić information content (AvgIpc) is 2.53. The van der Waals surface area contributed by atoms with Crippen molar-refractivity contribution in [3.8, 4) is 0 Å². The van der Waals surface area contributed by atoms with Crippen LogP contribution in [0.5, 0.6) is 0 Å². The molecule has 0 aromatic heterocycles. The van der Waals surface area contributed by atoms with Gasteiger partial charge in [0.05, 0.1) is 9.82 Å². The molecular formula is C14H20ClN3O3S. The lowest BCUT2D eigenvalue weighted by Crippen LogP contribution is -2.43. The van der Waals surface area contributed by atoms with Crippen LogP contribution in [0.2, 0.25) is 0 Å². The van der Waals surface area contributed by atoms with Crippen molar-refractivity contribution in [2.24, 2.45) is 0 Å². The summed E-state index contributed by atoms with van der Waals surface area (Å²) in [6, 6.07) is 4.88. The topological polar surface area (TPSA) is 75.5 Å². The van der Waals surface area contributed by atoms with Crippen LogP contribution in [-0.2, 0) is 0 Å². The average molecular weight is 346 g/mol. The van der Waals surface area contributed by atoms with Crippen molar-refractivity contribution in [3.05, 3.63) is 33.9 Å². The highest BCUT2D eigenvalue weighted by molar-refractivity contribution is 7.98. The SMILES string of the molecule is CSc1ccc(C(=O)N(C)C2CCNCC2)cc1[N+](=O)[O-].Cl. The number of rotatable bonds is 4. The monoisotopic (exact) mass is 345 g/mol. The predicted octanol–water partition coefficient (Wildman–Crippen LogP) is 2.56. The number of amides is 1. The quantitative estimate of drug-likeness (QED) is 0.515. The first-order valence-electron chi connectivity index (χ1n) is 6.85. The van der Waals surface area contributed by atoms with Gasteiger partial charge < -0.3 is 10.2 Å². The van der Waals surface area contributed by atoms with Crippen molar-refractivity contribution in [3.63, 3.8) is 0 Å². The van der Waals surface area contributed by atoms with Crippen LogP contribution in [-0.4, -0.2) is 48.2 Å². The van der Waals surface area contributed by atoms with Gasteiger partial charge in [-0.3, -0.25) is 14.9 Å². The molecule has 1 aliphatic rings. The van der Waals surface area contributed by atoms with E-state index < -0.39 is 4.92 Å². The van der Waals surface area contributed by atoms with Gasteiger partial charge in [-0.25, -0.2) is 0 Å². The molecule has 1 aliphatic heterocycles. The fourth-order valence-electron chi connectivity index (χ4n) is 2.53. The lowest BCUT2D eigenvalue weighted by Gasteiger charge is -2.31. The summed E-state index contributed by atoms with van der Waals surface area (Å²) in [5, 5.41) is 14.3. The van der Waals surface area contributed by atoms with Crippen LogP contribution >= 0.6 is 24.2 Å². The van der Waals surface area contributed by atoms with Crippen molar-refractivity contribution in [2.75, 3.05) is 26.4 Å². The summed E-state index contributed by atoms with van der Waals surface area (Å²) in [5.74, 6) is -0.155. The van der Waals surface area contributed by atoms with E-state index in [0.717, 1.165) is 25.9 Å². The maximum Gasteiger partial charge on any atom is 0.283 e. The third kappa shape index (κ3) is 4.12. The Labute approximate surface area is 140 Å². The summed E-state index contributed by atoms with van der Waals surface area (Å²) in [6.07, 6.45) is 3.60. The zero-order valence-corrected chi connectivity index (χ0v) is 14.2. The van der Waals surface area contributed by atoms with E-state index in [0.29, 0.717) is 10.5 Å². The molecule has 1 amide bonds. The number of carbonyl (C=O) groups is 1. The predicted molar refractivity (Wildman–Crippen MR) is 90.1 cm³/mol. The lowest BCUT2D eigenvalue weighted by atomic mass is 10.0. The summed E-state index contributed by atoms with van der Waals surface area (Å²) in [6.45, 7) is 1.79. The van der Waals surface area contributed by atoms with Gasteiger partial charge in [-0.05, 0) is 44.3 Å². The Balaban J connectivity index is 0.00000242. The molecule has 1 saturated heterocycles. The van der Waals surface area contributed by atoms with Crippen LogP contribution in [0.4, 0.5) is 5.69 Å². The molecule has 1 aromatic carbocycles. The van der Waals surface area contributed by atoms with Gasteiger partial charge in [0.25, 0.3) is 11.6 Å². The standard InChI is InChI=1S/C14H19N3O3S.ClH/c1-16(11-5-7-15-8-6-11)14(18)10-3-4-13(21-2)12(9-10)17(19)20;/h3-4,9,11,15H,5-8H2,1-2H3;1H. The van der Waals surface area contributed by atoms with Gasteiger partial charge >= 0.3 is 0 Å². The number of nitro groups is 1. The third-order valence-electron chi connectivity index (χ3n) is 3.80. The minimum absolute atomic E-state index is 0. The minimum atomic E-state index is -0.437. The molecule has 22 heavy (non-hydrogen) atoms. The Kier molecular flexibility index (Phi) is 7.12. The van der Waals surface area contributed by atoms with E-state index >= 15 is 0 Å². The van der Waals surface area contributed by atoms with Crippen LogP contribution in [0, 0.1) is 10.1 Å². The van der Waals surface area contributed by atoms with Crippen molar-refractivity contribution in [2.45, 2.75) is 23.8 Å². The summed E-state index contributed by atoms with van der Waals surface area (Å²) in [4.78, 5) is 25.4. The van der Waals surface area contributed by atoms with Gasteiger partial charge in [-0.15, -0.1) is 24.2 Å². The van der Waals surface area contributed by atoms with E-state index in [1.807, 2.05) is 0 Å². The van der Waals surface area contributed by atoms with E-state index in [2.05, 4.69) is 5.32 Å². The smallest absolute Gasteiger partial charge is 0.283 e. The van der Waals surface area contributed by atoms with Gasteiger partial charge in [-0.2, -0.15) is 0 Å². The zero-order chi connectivity index (χ0) is 15.4.